The van der Waals surface area contributed by atoms with Gasteiger partial charge in [-0.05, 0) is 31.9 Å². The summed E-state index contributed by atoms with van der Waals surface area (Å²) in [6.07, 6.45) is 3.23. The van der Waals surface area contributed by atoms with Crippen LogP contribution in [0.2, 0.25) is 0 Å². The molecule has 0 radical (unpaired) electrons. The first-order valence-corrected chi connectivity index (χ1v) is 7.88. The molecule has 1 aliphatic carbocycles. The lowest BCUT2D eigenvalue weighted by Gasteiger charge is -2.21. The molecule has 0 spiro atoms. The van der Waals surface area contributed by atoms with E-state index in [4.69, 9.17) is 5.73 Å². The molecule has 1 saturated carbocycles. The first-order valence-electron chi connectivity index (χ1n) is 7.88. The number of nitrogens with two attached hydrogens (primary N) is 1. The molecule has 2 aromatic rings. The Kier molecular flexibility index (Phi) is 3.85. The Morgan fingerprint density at radius 1 is 1.22 bits per heavy atom. The van der Waals surface area contributed by atoms with E-state index in [-0.39, 0.29) is 11.5 Å². The van der Waals surface area contributed by atoms with E-state index in [2.05, 4.69) is 5.32 Å². The van der Waals surface area contributed by atoms with Gasteiger partial charge in [-0.3, -0.25) is 14.3 Å². The highest BCUT2D eigenvalue weighted by Gasteiger charge is 2.37. The molecule has 1 aliphatic rings. The zero-order valence-corrected chi connectivity index (χ0v) is 13.5. The van der Waals surface area contributed by atoms with Gasteiger partial charge in [0.15, 0.2) is 0 Å². The van der Waals surface area contributed by atoms with Gasteiger partial charge in [0.2, 0.25) is 5.91 Å². The molecule has 0 atom stereocenters. The third kappa shape index (κ3) is 2.59. The van der Waals surface area contributed by atoms with Gasteiger partial charge in [-0.2, -0.15) is 0 Å². The molecule has 3 N–H and O–H groups in total. The van der Waals surface area contributed by atoms with Crippen molar-refractivity contribution in [3.8, 4) is 5.69 Å². The number of amides is 1. The normalized spacial score (nSPS) is 16.5. The number of nitrogens with one attached hydrogen (secondary N) is 1. The molecule has 0 aliphatic heterocycles. The van der Waals surface area contributed by atoms with Gasteiger partial charge in [0.1, 0.15) is 5.69 Å². The highest BCUT2D eigenvalue weighted by molar-refractivity contribution is 5.98. The largest absolute Gasteiger partial charge is 0.318 e. The van der Waals surface area contributed by atoms with Crippen molar-refractivity contribution in [3.05, 3.63) is 46.4 Å². The summed E-state index contributed by atoms with van der Waals surface area (Å²) in [5.74, 6) is -0.263. The van der Waals surface area contributed by atoms with E-state index in [9.17, 15) is 9.59 Å². The van der Waals surface area contributed by atoms with Gasteiger partial charge in [-0.15, -0.1) is 0 Å². The highest BCUT2D eigenvalue weighted by atomic mass is 16.2. The maximum Gasteiger partial charge on any atom is 0.295 e. The molecule has 6 heteroatoms. The molecule has 0 unspecified atom stereocenters. The quantitative estimate of drug-likeness (QED) is 0.904. The van der Waals surface area contributed by atoms with Gasteiger partial charge >= 0.3 is 0 Å². The predicted molar refractivity (Wildman–Crippen MR) is 89.8 cm³/mol. The van der Waals surface area contributed by atoms with E-state index < -0.39 is 5.54 Å². The number of benzene rings is 1. The third-order valence-electron chi connectivity index (χ3n) is 4.74. The summed E-state index contributed by atoms with van der Waals surface area (Å²) in [7, 11) is 1.80. The molecule has 23 heavy (non-hydrogen) atoms. The fourth-order valence-electron chi connectivity index (χ4n) is 3.18. The van der Waals surface area contributed by atoms with Crippen LogP contribution in [0.3, 0.4) is 0 Å². The maximum absolute atomic E-state index is 12.8. The van der Waals surface area contributed by atoms with Crippen LogP contribution in [0, 0.1) is 6.92 Å². The predicted octanol–water partition coefficient (Wildman–Crippen LogP) is 1.69. The Bertz CT molecular complexity index is 783. The van der Waals surface area contributed by atoms with E-state index in [1.807, 2.05) is 37.3 Å². The Morgan fingerprint density at radius 3 is 2.43 bits per heavy atom. The highest BCUT2D eigenvalue weighted by Crippen LogP contribution is 2.28. The van der Waals surface area contributed by atoms with E-state index in [1.165, 1.54) is 0 Å². The molecule has 1 amide bonds. The molecular weight excluding hydrogens is 292 g/mol. The van der Waals surface area contributed by atoms with Crippen molar-refractivity contribution in [2.45, 2.75) is 38.1 Å². The smallest absolute Gasteiger partial charge is 0.295 e. The van der Waals surface area contributed by atoms with E-state index in [1.54, 1.807) is 16.4 Å². The van der Waals surface area contributed by atoms with Crippen molar-refractivity contribution in [2.24, 2.45) is 12.8 Å². The van der Waals surface area contributed by atoms with Crippen LogP contribution in [-0.2, 0) is 11.8 Å². The summed E-state index contributed by atoms with van der Waals surface area (Å²) in [6, 6.07) is 9.35. The first-order chi connectivity index (χ1) is 10.9. The van der Waals surface area contributed by atoms with Crippen molar-refractivity contribution in [1.29, 1.82) is 0 Å². The van der Waals surface area contributed by atoms with Gasteiger partial charge in [0.05, 0.1) is 16.9 Å². The van der Waals surface area contributed by atoms with Crippen LogP contribution in [0.1, 0.15) is 31.4 Å². The second-order valence-electron chi connectivity index (χ2n) is 6.25. The van der Waals surface area contributed by atoms with Gasteiger partial charge in [0, 0.05) is 7.05 Å². The minimum absolute atomic E-state index is 0.244. The van der Waals surface area contributed by atoms with Crippen LogP contribution in [0.25, 0.3) is 5.69 Å². The summed E-state index contributed by atoms with van der Waals surface area (Å²) >= 11 is 0. The summed E-state index contributed by atoms with van der Waals surface area (Å²) in [6.45, 7) is 1.81. The molecule has 122 valence electrons. The molecule has 1 aromatic heterocycles. The number of nitrogens with zero attached hydrogens (tertiary/aromatic N) is 2. The minimum atomic E-state index is -0.855. The second-order valence-corrected chi connectivity index (χ2v) is 6.25. The van der Waals surface area contributed by atoms with Gasteiger partial charge in [-0.1, -0.05) is 31.0 Å². The number of hydrogen-bond acceptors (Lipinski definition) is 3. The number of aromatic nitrogens is 2. The van der Waals surface area contributed by atoms with Crippen LogP contribution >= 0.6 is 0 Å². The van der Waals surface area contributed by atoms with Gasteiger partial charge in [-0.25, -0.2) is 4.68 Å². The summed E-state index contributed by atoms with van der Waals surface area (Å²) in [5, 5.41) is 2.77. The van der Waals surface area contributed by atoms with Crippen molar-refractivity contribution < 1.29 is 4.79 Å². The summed E-state index contributed by atoms with van der Waals surface area (Å²) < 4.78 is 3.29. The Morgan fingerprint density at radius 2 is 1.83 bits per heavy atom. The lowest BCUT2D eigenvalue weighted by atomic mass is 9.98. The van der Waals surface area contributed by atoms with E-state index in [0.29, 0.717) is 24.2 Å². The lowest BCUT2D eigenvalue weighted by Crippen LogP contribution is -2.49. The van der Waals surface area contributed by atoms with Gasteiger partial charge in [0.25, 0.3) is 5.56 Å². The Hall–Kier alpha value is -2.34. The molecule has 0 saturated heterocycles. The number of carbonyl (C=O) groups excluding carboxylic acids is 1. The molecular formula is C17H22N4O2. The average molecular weight is 314 g/mol. The molecule has 3 rings (SSSR count). The van der Waals surface area contributed by atoms with Crippen LogP contribution in [-0.4, -0.2) is 20.8 Å². The lowest BCUT2D eigenvalue weighted by molar-refractivity contribution is -0.121. The standard InChI is InChI=1S/C17H22N4O2/c1-12-14(19-16(23)17(18)10-6-7-11-17)15(22)21(20(12)2)13-8-4-3-5-9-13/h3-5,8-9H,6-7,10-11,18H2,1-2H3,(H,19,23). The van der Waals surface area contributed by atoms with E-state index in [0.717, 1.165) is 18.5 Å². The fourth-order valence-corrected chi connectivity index (χ4v) is 3.18. The molecule has 0 bridgehead atoms. The van der Waals surface area contributed by atoms with Crippen LogP contribution in [0.5, 0.6) is 0 Å². The monoisotopic (exact) mass is 314 g/mol. The summed E-state index contributed by atoms with van der Waals surface area (Å²) in [4.78, 5) is 25.3. The zero-order valence-electron chi connectivity index (χ0n) is 13.5. The maximum atomic E-state index is 12.8. The minimum Gasteiger partial charge on any atom is -0.318 e. The topological polar surface area (TPSA) is 82.1 Å². The summed E-state index contributed by atoms with van der Waals surface area (Å²) in [5.41, 5.74) is 6.84. The fraction of sp³-hybridized carbons (Fsp3) is 0.412. The molecule has 1 heterocycles. The van der Waals surface area contributed by atoms with Crippen LogP contribution in [0.15, 0.2) is 35.1 Å². The van der Waals surface area contributed by atoms with Crippen LogP contribution < -0.4 is 16.6 Å². The molecule has 6 nitrogen and oxygen atoms in total. The molecule has 1 fully saturated rings. The van der Waals surface area contributed by atoms with Crippen molar-refractivity contribution in [1.82, 2.24) is 9.36 Å². The number of carbonyl (C=O) groups is 1. The third-order valence-corrected chi connectivity index (χ3v) is 4.74. The van der Waals surface area contributed by atoms with Crippen LogP contribution in [0.4, 0.5) is 5.69 Å². The van der Waals surface area contributed by atoms with Crippen molar-refractivity contribution >= 4 is 11.6 Å². The second kappa shape index (κ2) is 5.70. The number of hydrogen-bond donors (Lipinski definition) is 2. The SMILES string of the molecule is Cc1c(NC(=O)C2(N)CCCC2)c(=O)n(-c2ccccc2)n1C. The first kappa shape index (κ1) is 15.6. The van der Waals surface area contributed by atoms with Crippen molar-refractivity contribution in [2.75, 3.05) is 5.32 Å². The number of anilines is 1. The Balaban J connectivity index is 1.98. The Labute approximate surface area is 134 Å². The van der Waals surface area contributed by atoms with Crippen molar-refractivity contribution in [3.63, 3.8) is 0 Å². The number of rotatable bonds is 3. The average Bonchev–Trinajstić information content (AvgIpc) is 3.07. The number of para-hydroxylation sites is 1. The van der Waals surface area contributed by atoms with Gasteiger partial charge < -0.3 is 11.1 Å². The van der Waals surface area contributed by atoms with E-state index >= 15 is 0 Å². The molecule has 1 aromatic carbocycles. The zero-order chi connectivity index (χ0) is 16.6.